The van der Waals surface area contributed by atoms with E-state index in [2.05, 4.69) is 19.2 Å². The minimum Gasteiger partial charge on any atom is -0.447 e. The van der Waals surface area contributed by atoms with Crippen molar-refractivity contribution in [2.24, 2.45) is 0 Å². The smallest absolute Gasteiger partial charge is 0.407 e. The van der Waals surface area contributed by atoms with Gasteiger partial charge in [-0.25, -0.2) is 4.79 Å². The van der Waals surface area contributed by atoms with Gasteiger partial charge in [-0.2, -0.15) is 0 Å². The van der Waals surface area contributed by atoms with E-state index in [9.17, 15) is 4.79 Å². The van der Waals surface area contributed by atoms with Gasteiger partial charge >= 0.3 is 6.09 Å². The molecule has 121 heavy (non-hydrogen) atoms. The number of carbonyl (C=O) groups is 1. The molecule has 33 nitrogen and oxygen atoms in total. The van der Waals surface area contributed by atoms with Crippen LogP contribution < -0.4 is 5.32 Å². The van der Waals surface area contributed by atoms with E-state index >= 15 is 0 Å². The van der Waals surface area contributed by atoms with Crippen molar-refractivity contribution in [1.82, 2.24) is 5.32 Å². The van der Waals surface area contributed by atoms with E-state index in [0.29, 0.717) is 377 Å². The van der Waals surface area contributed by atoms with Gasteiger partial charge < -0.3 is 153 Å². The van der Waals surface area contributed by atoms with Gasteiger partial charge in [0.1, 0.15) is 6.61 Å². The molecule has 0 aromatic rings. The number of unbranched alkanes of at least 4 members (excludes halogenated alkanes) is 22. The Morgan fingerprint density at radius 2 is 0.347 bits per heavy atom. The maximum Gasteiger partial charge on any atom is 0.407 e. The van der Waals surface area contributed by atoms with E-state index in [-0.39, 0.29) is 25.9 Å². The van der Waals surface area contributed by atoms with Crippen molar-refractivity contribution in [1.29, 1.82) is 0 Å². The number of aliphatic hydroxyl groups is 1. The lowest BCUT2D eigenvalue weighted by molar-refractivity contribution is -0.0323. The number of hydrogen-bond donors (Lipinski definition) is 2. The van der Waals surface area contributed by atoms with Crippen molar-refractivity contribution in [2.45, 2.75) is 174 Å². The molecule has 0 fully saturated rings. The van der Waals surface area contributed by atoms with Gasteiger partial charge in [-0.3, -0.25) is 0 Å². The average molecular weight is 1760 g/mol. The van der Waals surface area contributed by atoms with Gasteiger partial charge in [0, 0.05) is 19.8 Å². The molecule has 0 rings (SSSR count). The Bertz CT molecular complexity index is 1830. The highest BCUT2D eigenvalue weighted by Crippen LogP contribution is 2.14. The molecular formula is C88H177NO32. The Labute approximate surface area is 730 Å². The van der Waals surface area contributed by atoms with Crippen LogP contribution in [-0.4, -0.2) is 414 Å². The summed E-state index contributed by atoms with van der Waals surface area (Å²) in [5, 5.41) is 11.5. The highest BCUT2D eigenvalue weighted by Gasteiger charge is 2.14. The predicted octanol–water partition coefficient (Wildman–Crippen LogP) is 9.96. The number of carbonyl (C=O) groups excluding carboxylic acids is 1. The highest BCUT2D eigenvalue weighted by molar-refractivity contribution is 5.67. The molecule has 0 bridgehead atoms. The van der Waals surface area contributed by atoms with Gasteiger partial charge in [0.25, 0.3) is 0 Å². The van der Waals surface area contributed by atoms with Gasteiger partial charge in [-0.15, -0.1) is 0 Å². The van der Waals surface area contributed by atoms with E-state index in [0.717, 1.165) is 19.3 Å². The number of rotatable bonds is 114. The molecule has 0 saturated heterocycles. The summed E-state index contributed by atoms with van der Waals surface area (Å²) in [6.45, 7) is 32.2. The summed E-state index contributed by atoms with van der Waals surface area (Å²) in [4.78, 5) is 12.5. The highest BCUT2D eigenvalue weighted by atomic mass is 16.6. The van der Waals surface area contributed by atoms with E-state index < -0.39 is 6.09 Å². The SMILES string of the molecule is CCCCCCCCCCCCCCOCC(CNC(=O)OCCOCCOCCOCCOCCOCCOCCOCCOCCOCCOCCOCCOCCOCCOCCOCCOCCOCCOCCOCCOCCOCCOCCOCCOCCOCCOCCOCCO)OCCCCCCCCCCCCCC. The number of alkyl carbamates (subject to hydrolysis) is 1. The van der Waals surface area contributed by atoms with Gasteiger partial charge in [0.2, 0.25) is 0 Å². The molecule has 0 aliphatic rings. The maximum atomic E-state index is 12.5. The summed E-state index contributed by atoms with van der Waals surface area (Å²) in [5.41, 5.74) is 0. The molecule has 0 aliphatic heterocycles. The number of amides is 1. The minimum absolute atomic E-state index is 0.0158. The van der Waals surface area contributed by atoms with Crippen LogP contribution in [0.1, 0.15) is 168 Å². The Morgan fingerprint density at radius 3 is 0.529 bits per heavy atom. The number of ether oxygens (including phenoxy) is 30. The minimum atomic E-state index is -0.485. The quantitative estimate of drug-likeness (QED) is 0.0535. The summed E-state index contributed by atoms with van der Waals surface area (Å²) in [6, 6.07) is 0. The molecule has 0 saturated carbocycles. The Kier molecular flexibility index (Phi) is 112. The van der Waals surface area contributed by atoms with Crippen LogP contribution in [0.15, 0.2) is 0 Å². The summed E-state index contributed by atoms with van der Waals surface area (Å²) in [5.74, 6) is 0. The van der Waals surface area contributed by atoms with Crippen LogP contribution in [0, 0.1) is 0 Å². The molecule has 0 aromatic carbocycles. The summed E-state index contributed by atoms with van der Waals surface area (Å²) in [7, 11) is 0. The first-order valence-corrected chi connectivity index (χ1v) is 46.5. The van der Waals surface area contributed by atoms with Crippen molar-refractivity contribution >= 4 is 6.09 Å². The van der Waals surface area contributed by atoms with Gasteiger partial charge in [0.05, 0.1) is 376 Å². The molecule has 2 N–H and O–H groups in total. The maximum absolute atomic E-state index is 12.5. The summed E-state index contributed by atoms with van der Waals surface area (Å²) in [6.07, 6.45) is 30.7. The molecule has 0 aliphatic carbocycles. The molecule has 1 atom stereocenters. The standard InChI is InChI=1S/C88H177NO32/c1-3-5-7-9-11-13-15-17-19-21-23-25-28-119-86-87(120-29-26-24-22-20-18-16-14-12-10-8-6-4-2)85-89-88(91)121-84-83-118-82-81-117-80-79-116-78-77-115-76-75-114-74-73-113-72-71-112-70-69-111-68-67-110-66-65-109-64-63-108-62-61-107-60-59-106-58-57-105-56-55-104-54-53-103-52-51-102-50-49-101-48-47-100-46-45-99-44-43-98-42-41-97-40-39-96-38-37-95-36-35-94-34-33-93-32-31-92-30-27-90/h87,90H,3-86H2,1-2H3,(H,89,91). The first-order valence-electron chi connectivity index (χ1n) is 46.5. The third-order valence-corrected chi connectivity index (χ3v) is 17.6. The largest absolute Gasteiger partial charge is 0.447 e. The van der Waals surface area contributed by atoms with Crippen LogP contribution in [0.5, 0.6) is 0 Å². The second-order valence-electron chi connectivity index (χ2n) is 28.1. The van der Waals surface area contributed by atoms with Crippen LogP contribution in [0.25, 0.3) is 0 Å². The number of nitrogens with one attached hydrogen (secondary N) is 1. The van der Waals surface area contributed by atoms with Crippen LogP contribution in [0.2, 0.25) is 0 Å². The first-order chi connectivity index (χ1) is 60.2. The number of hydrogen-bond acceptors (Lipinski definition) is 32. The molecule has 0 heterocycles. The average Bonchev–Trinajstić information content (AvgIpc) is 0.975. The molecule has 0 spiro atoms. The zero-order chi connectivity index (χ0) is 86.5. The van der Waals surface area contributed by atoms with E-state index in [4.69, 9.17) is 147 Å². The third kappa shape index (κ3) is 112. The van der Waals surface area contributed by atoms with Crippen molar-refractivity contribution in [3.63, 3.8) is 0 Å². The molecule has 0 radical (unpaired) electrons. The zero-order valence-corrected chi connectivity index (χ0v) is 76.1. The number of aliphatic hydroxyl groups excluding tert-OH is 1. The Morgan fingerprint density at radius 1 is 0.190 bits per heavy atom. The zero-order valence-electron chi connectivity index (χ0n) is 76.1. The van der Waals surface area contributed by atoms with Crippen molar-refractivity contribution in [3.8, 4) is 0 Å². The molecular weight excluding hydrogens is 1580 g/mol. The lowest BCUT2D eigenvalue weighted by Crippen LogP contribution is -2.37. The fourth-order valence-corrected chi connectivity index (χ4v) is 10.9. The van der Waals surface area contributed by atoms with Gasteiger partial charge in [0.15, 0.2) is 0 Å². The van der Waals surface area contributed by atoms with E-state index in [1.807, 2.05) is 0 Å². The normalized spacial score (nSPS) is 12.0. The van der Waals surface area contributed by atoms with Gasteiger partial charge in [-0.05, 0) is 12.8 Å². The van der Waals surface area contributed by atoms with Crippen LogP contribution in [0.4, 0.5) is 4.79 Å². The fourth-order valence-electron chi connectivity index (χ4n) is 10.9. The Hall–Kier alpha value is -1.93. The summed E-state index contributed by atoms with van der Waals surface area (Å²) < 4.78 is 167. The monoisotopic (exact) mass is 1760 g/mol. The fraction of sp³-hybridized carbons (Fsp3) is 0.989. The van der Waals surface area contributed by atoms with Crippen molar-refractivity contribution in [2.75, 3.05) is 396 Å². The molecule has 1 amide bonds. The van der Waals surface area contributed by atoms with Crippen LogP contribution in [0.3, 0.4) is 0 Å². The van der Waals surface area contributed by atoms with Crippen LogP contribution in [-0.2, 0) is 142 Å². The molecule has 0 aromatic heterocycles. The van der Waals surface area contributed by atoms with Gasteiger partial charge in [-0.1, -0.05) is 155 Å². The van der Waals surface area contributed by atoms with Crippen molar-refractivity contribution in [3.05, 3.63) is 0 Å². The van der Waals surface area contributed by atoms with Crippen molar-refractivity contribution < 1.29 is 152 Å². The van der Waals surface area contributed by atoms with E-state index in [1.54, 1.807) is 0 Å². The lowest BCUT2D eigenvalue weighted by atomic mass is 10.1. The third-order valence-electron chi connectivity index (χ3n) is 17.6. The molecule has 1 unspecified atom stereocenters. The first kappa shape index (κ1) is 119. The van der Waals surface area contributed by atoms with E-state index in [1.165, 1.54) is 135 Å². The van der Waals surface area contributed by atoms with Crippen LogP contribution >= 0.6 is 0 Å². The lowest BCUT2D eigenvalue weighted by Gasteiger charge is -2.19. The second-order valence-corrected chi connectivity index (χ2v) is 28.1. The Balaban J connectivity index is 3.36. The summed E-state index contributed by atoms with van der Waals surface area (Å²) >= 11 is 0. The topological polar surface area (TPSA) is 326 Å². The molecule has 726 valence electrons. The molecule has 33 heteroatoms. The predicted molar refractivity (Wildman–Crippen MR) is 461 cm³/mol. The second kappa shape index (κ2) is 114.